The van der Waals surface area contributed by atoms with Gasteiger partial charge in [-0.2, -0.15) is 0 Å². The summed E-state index contributed by atoms with van der Waals surface area (Å²) in [7, 11) is 0. The topological polar surface area (TPSA) is 24.9 Å². The van der Waals surface area contributed by atoms with E-state index >= 15 is 0 Å². The van der Waals surface area contributed by atoms with Gasteiger partial charge in [0.2, 0.25) is 0 Å². The Morgan fingerprint density at radius 2 is 2.25 bits per heavy atom. The number of hydrogen-bond acceptors (Lipinski definition) is 3. The van der Waals surface area contributed by atoms with E-state index in [4.69, 9.17) is 11.6 Å². The zero-order valence-electron chi connectivity index (χ0n) is 9.03. The second-order valence-electron chi connectivity index (χ2n) is 3.57. The van der Waals surface area contributed by atoms with Crippen molar-refractivity contribution in [2.24, 2.45) is 0 Å². The van der Waals surface area contributed by atoms with Gasteiger partial charge < -0.3 is 5.32 Å². The molecule has 2 heterocycles. The summed E-state index contributed by atoms with van der Waals surface area (Å²) in [5.74, 6) is 0. The van der Waals surface area contributed by atoms with Gasteiger partial charge in [-0.05, 0) is 37.1 Å². The molecular weight excluding hydrogens is 240 g/mol. The lowest BCUT2D eigenvalue weighted by Crippen LogP contribution is -2.05. The lowest BCUT2D eigenvalue weighted by molar-refractivity contribution is 1.04. The van der Waals surface area contributed by atoms with Gasteiger partial charge in [-0.15, -0.1) is 11.3 Å². The molecule has 2 rings (SSSR count). The number of hydrogen-bond donors (Lipinski definition) is 1. The van der Waals surface area contributed by atoms with Crippen molar-refractivity contribution >= 4 is 28.6 Å². The lowest BCUT2D eigenvalue weighted by atomic mass is 10.2. The highest BCUT2D eigenvalue weighted by molar-refractivity contribution is 7.16. The Morgan fingerprint density at radius 3 is 2.94 bits per heavy atom. The van der Waals surface area contributed by atoms with Crippen LogP contribution >= 0.6 is 22.9 Å². The van der Waals surface area contributed by atoms with Crippen molar-refractivity contribution in [2.45, 2.75) is 13.3 Å². The summed E-state index contributed by atoms with van der Waals surface area (Å²) in [6.45, 7) is 2.97. The first-order valence-corrected chi connectivity index (χ1v) is 6.34. The van der Waals surface area contributed by atoms with Crippen molar-refractivity contribution in [1.29, 1.82) is 0 Å². The standard InChI is InChI=1S/C12H13ClN2S/c1-9-8-14-6-5-11(9)15-7-4-10-2-3-12(13)16-10/h2-3,5-6,8H,4,7H2,1H3,(H,14,15). The minimum absolute atomic E-state index is 0.857. The Kier molecular flexibility index (Phi) is 3.80. The van der Waals surface area contributed by atoms with E-state index in [-0.39, 0.29) is 0 Å². The third-order valence-electron chi connectivity index (χ3n) is 2.34. The van der Waals surface area contributed by atoms with E-state index in [2.05, 4.69) is 23.3 Å². The van der Waals surface area contributed by atoms with Gasteiger partial charge in [0.1, 0.15) is 0 Å². The Balaban J connectivity index is 1.87. The molecule has 16 heavy (non-hydrogen) atoms. The van der Waals surface area contributed by atoms with Crippen LogP contribution in [-0.4, -0.2) is 11.5 Å². The summed E-state index contributed by atoms with van der Waals surface area (Å²) in [5.41, 5.74) is 2.32. The summed E-state index contributed by atoms with van der Waals surface area (Å²) >= 11 is 7.51. The molecule has 2 aromatic heterocycles. The molecule has 0 fully saturated rings. The highest BCUT2D eigenvalue weighted by Crippen LogP contribution is 2.21. The molecule has 0 aliphatic heterocycles. The monoisotopic (exact) mass is 252 g/mol. The van der Waals surface area contributed by atoms with Crippen LogP contribution in [-0.2, 0) is 6.42 Å². The molecule has 0 aliphatic carbocycles. The van der Waals surface area contributed by atoms with Crippen molar-refractivity contribution in [3.05, 3.63) is 45.4 Å². The van der Waals surface area contributed by atoms with Crippen LogP contribution in [0.4, 0.5) is 5.69 Å². The van der Waals surface area contributed by atoms with Gasteiger partial charge in [0.15, 0.2) is 0 Å². The number of anilines is 1. The van der Waals surface area contributed by atoms with Gasteiger partial charge in [0.25, 0.3) is 0 Å². The predicted molar refractivity (Wildman–Crippen MR) is 70.5 cm³/mol. The fourth-order valence-electron chi connectivity index (χ4n) is 1.48. The molecule has 2 nitrogen and oxygen atoms in total. The number of thiophene rings is 1. The maximum atomic E-state index is 5.87. The lowest BCUT2D eigenvalue weighted by Gasteiger charge is -2.07. The number of rotatable bonds is 4. The maximum Gasteiger partial charge on any atom is 0.0931 e. The van der Waals surface area contributed by atoms with E-state index in [1.54, 1.807) is 17.5 Å². The zero-order chi connectivity index (χ0) is 11.4. The number of pyridine rings is 1. The van der Waals surface area contributed by atoms with E-state index in [1.165, 1.54) is 10.4 Å². The van der Waals surface area contributed by atoms with Crippen molar-refractivity contribution in [3.8, 4) is 0 Å². The molecule has 0 aliphatic rings. The van der Waals surface area contributed by atoms with E-state index in [9.17, 15) is 0 Å². The fourth-order valence-corrected chi connectivity index (χ4v) is 2.57. The zero-order valence-corrected chi connectivity index (χ0v) is 10.6. The fraction of sp³-hybridized carbons (Fsp3) is 0.250. The van der Waals surface area contributed by atoms with Gasteiger partial charge in [0.05, 0.1) is 4.34 Å². The quantitative estimate of drug-likeness (QED) is 0.896. The molecule has 1 N–H and O–H groups in total. The molecule has 0 aromatic carbocycles. The van der Waals surface area contributed by atoms with E-state index in [0.29, 0.717) is 0 Å². The predicted octanol–water partition coefficient (Wildman–Crippen LogP) is 3.76. The van der Waals surface area contributed by atoms with Crippen molar-refractivity contribution in [1.82, 2.24) is 4.98 Å². The number of aromatic nitrogens is 1. The van der Waals surface area contributed by atoms with Crippen molar-refractivity contribution < 1.29 is 0 Å². The molecule has 0 saturated carbocycles. The second-order valence-corrected chi connectivity index (χ2v) is 5.37. The molecule has 0 amide bonds. The normalized spacial score (nSPS) is 10.4. The number of aryl methyl sites for hydroxylation is 1. The van der Waals surface area contributed by atoms with Gasteiger partial charge in [-0.25, -0.2) is 0 Å². The molecular formula is C12H13ClN2S. The average Bonchev–Trinajstić information content (AvgIpc) is 2.67. The largest absolute Gasteiger partial charge is 0.384 e. The third-order valence-corrected chi connectivity index (χ3v) is 3.63. The van der Waals surface area contributed by atoms with Crippen LogP contribution in [0.25, 0.3) is 0 Å². The molecule has 0 bridgehead atoms. The van der Waals surface area contributed by atoms with Crippen LogP contribution in [0.2, 0.25) is 4.34 Å². The Hall–Kier alpha value is -1.06. The first-order chi connectivity index (χ1) is 7.75. The molecule has 0 atom stereocenters. The Bertz CT molecular complexity index is 468. The van der Waals surface area contributed by atoms with Crippen LogP contribution < -0.4 is 5.32 Å². The van der Waals surface area contributed by atoms with E-state index < -0.39 is 0 Å². The maximum absolute atomic E-state index is 5.87. The van der Waals surface area contributed by atoms with Crippen molar-refractivity contribution in [3.63, 3.8) is 0 Å². The highest BCUT2D eigenvalue weighted by atomic mass is 35.5. The van der Waals surface area contributed by atoms with Gasteiger partial charge in [-0.3, -0.25) is 4.98 Å². The van der Waals surface area contributed by atoms with Crippen LogP contribution in [0, 0.1) is 6.92 Å². The SMILES string of the molecule is Cc1cnccc1NCCc1ccc(Cl)s1. The third kappa shape index (κ3) is 2.97. The highest BCUT2D eigenvalue weighted by Gasteiger charge is 1.99. The van der Waals surface area contributed by atoms with Crippen LogP contribution in [0.3, 0.4) is 0 Å². The van der Waals surface area contributed by atoms with E-state index in [1.807, 2.05) is 18.3 Å². The molecule has 0 spiro atoms. The molecule has 4 heteroatoms. The first kappa shape index (κ1) is 11.4. The van der Waals surface area contributed by atoms with E-state index in [0.717, 1.165) is 23.0 Å². The van der Waals surface area contributed by atoms with Gasteiger partial charge in [-0.1, -0.05) is 11.6 Å². The summed E-state index contributed by atoms with van der Waals surface area (Å²) in [6.07, 6.45) is 4.67. The van der Waals surface area contributed by atoms with Gasteiger partial charge in [0, 0.05) is 29.5 Å². The smallest absolute Gasteiger partial charge is 0.0931 e. The summed E-state index contributed by atoms with van der Waals surface area (Å²) in [5, 5.41) is 3.39. The average molecular weight is 253 g/mol. The molecule has 2 aromatic rings. The van der Waals surface area contributed by atoms with Crippen LogP contribution in [0.5, 0.6) is 0 Å². The molecule has 0 saturated heterocycles. The van der Waals surface area contributed by atoms with Crippen LogP contribution in [0.1, 0.15) is 10.4 Å². The minimum atomic E-state index is 0.857. The molecule has 0 unspecified atom stereocenters. The Morgan fingerprint density at radius 1 is 1.38 bits per heavy atom. The number of halogens is 1. The molecule has 0 radical (unpaired) electrons. The first-order valence-electron chi connectivity index (χ1n) is 5.14. The number of nitrogens with zero attached hydrogens (tertiary/aromatic N) is 1. The second kappa shape index (κ2) is 5.32. The number of nitrogens with one attached hydrogen (secondary N) is 1. The molecule has 84 valence electrons. The summed E-state index contributed by atoms with van der Waals surface area (Å²) in [6, 6.07) is 6.02. The van der Waals surface area contributed by atoms with Crippen LogP contribution in [0.15, 0.2) is 30.6 Å². The summed E-state index contributed by atoms with van der Waals surface area (Å²) in [4.78, 5) is 5.37. The Labute approximate surface area is 104 Å². The minimum Gasteiger partial charge on any atom is -0.384 e. The van der Waals surface area contributed by atoms with Crippen molar-refractivity contribution in [2.75, 3.05) is 11.9 Å². The summed E-state index contributed by atoms with van der Waals surface area (Å²) < 4.78 is 0.857. The van der Waals surface area contributed by atoms with Gasteiger partial charge >= 0.3 is 0 Å².